The molecule has 1 heterocycles. The van der Waals surface area contributed by atoms with Crippen LogP contribution in [0.15, 0.2) is 18.2 Å². The van der Waals surface area contributed by atoms with E-state index in [9.17, 15) is 0 Å². The molecular formula is C19H30N2. The Hall–Kier alpha value is -1.02. The zero-order chi connectivity index (χ0) is 14.9. The van der Waals surface area contributed by atoms with Gasteiger partial charge in [0.2, 0.25) is 0 Å². The molecule has 1 aliphatic carbocycles. The summed E-state index contributed by atoms with van der Waals surface area (Å²) in [4.78, 5) is 2.63. The average Bonchev–Trinajstić information content (AvgIpc) is 2.50. The molecule has 1 fully saturated rings. The molecule has 1 aliphatic heterocycles. The number of nitrogens with zero attached hydrogens (tertiary/aromatic N) is 1. The molecule has 0 unspecified atom stereocenters. The van der Waals surface area contributed by atoms with Crippen molar-refractivity contribution in [1.29, 1.82) is 0 Å². The van der Waals surface area contributed by atoms with E-state index < -0.39 is 0 Å². The van der Waals surface area contributed by atoms with E-state index in [1.807, 2.05) is 0 Å². The van der Waals surface area contributed by atoms with E-state index in [-0.39, 0.29) is 0 Å². The molecule has 21 heavy (non-hydrogen) atoms. The Balaban J connectivity index is 1.79. The van der Waals surface area contributed by atoms with Gasteiger partial charge in [0.1, 0.15) is 0 Å². The molecule has 0 atom stereocenters. The lowest BCUT2D eigenvalue weighted by atomic mass is 9.70. The number of nitrogens with two attached hydrogens (primary N) is 1. The molecular weight excluding hydrogens is 256 g/mol. The van der Waals surface area contributed by atoms with Gasteiger partial charge in [-0.05, 0) is 56.7 Å². The Kier molecular flexibility index (Phi) is 4.26. The van der Waals surface area contributed by atoms with Crippen molar-refractivity contribution in [2.75, 3.05) is 24.5 Å². The second kappa shape index (κ2) is 6.00. The second-order valence-corrected chi connectivity index (χ2v) is 7.54. The van der Waals surface area contributed by atoms with E-state index in [1.165, 1.54) is 61.9 Å². The van der Waals surface area contributed by atoms with Gasteiger partial charge in [0.05, 0.1) is 0 Å². The van der Waals surface area contributed by atoms with Crippen LogP contribution < -0.4 is 10.6 Å². The number of rotatable bonds is 3. The van der Waals surface area contributed by atoms with Gasteiger partial charge in [-0.15, -0.1) is 0 Å². The number of hydrogen-bond donors (Lipinski definition) is 1. The molecule has 2 aliphatic rings. The smallest absolute Gasteiger partial charge is 0.0399 e. The van der Waals surface area contributed by atoms with E-state index in [0.717, 1.165) is 19.0 Å². The molecule has 0 saturated heterocycles. The summed E-state index contributed by atoms with van der Waals surface area (Å²) >= 11 is 0. The lowest BCUT2D eigenvalue weighted by Gasteiger charge is -2.44. The minimum Gasteiger partial charge on any atom is -0.371 e. The second-order valence-electron chi connectivity index (χ2n) is 7.54. The molecule has 1 saturated carbocycles. The summed E-state index contributed by atoms with van der Waals surface area (Å²) in [5.41, 5.74) is 11.0. The van der Waals surface area contributed by atoms with Crippen LogP contribution in [0.3, 0.4) is 0 Å². The highest BCUT2D eigenvalue weighted by Crippen LogP contribution is 2.40. The number of aryl methyl sites for hydroxylation is 2. The molecule has 1 aromatic carbocycles. The SMILES string of the molecule is Cc1ccc2c(c1)CCCN2CC1(CN)CCC(C)CC1. The zero-order valence-electron chi connectivity index (χ0n) is 13.7. The van der Waals surface area contributed by atoms with Gasteiger partial charge in [0, 0.05) is 24.2 Å². The third kappa shape index (κ3) is 3.11. The molecule has 3 rings (SSSR count). The highest BCUT2D eigenvalue weighted by atomic mass is 15.1. The first-order chi connectivity index (χ1) is 10.1. The molecule has 0 aromatic heterocycles. The van der Waals surface area contributed by atoms with Crippen molar-refractivity contribution in [2.45, 2.75) is 52.4 Å². The van der Waals surface area contributed by atoms with Crippen molar-refractivity contribution in [2.24, 2.45) is 17.1 Å². The van der Waals surface area contributed by atoms with Gasteiger partial charge in [0.15, 0.2) is 0 Å². The maximum atomic E-state index is 6.22. The summed E-state index contributed by atoms with van der Waals surface area (Å²) in [6.45, 7) is 7.79. The normalized spacial score (nSPS) is 29.3. The van der Waals surface area contributed by atoms with Gasteiger partial charge in [-0.2, -0.15) is 0 Å². The number of benzene rings is 1. The maximum Gasteiger partial charge on any atom is 0.0399 e. The minimum atomic E-state index is 0.353. The summed E-state index contributed by atoms with van der Waals surface area (Å²) in [6, 6.07) is 6.97. The minimum absolute atomic E-state index is 0.353. The van der Waals surface area contributed by atoms with Crippen LogP contribution in [0.4, 0.5) is 5.69 Å². The first-order valence-corrected chi connectivity index (χ1v) is 8.66. The fraction of sp³-hybridized carbons (Fsp3) is 0.684. The van der Waals surface area contributed by atoms with Gasteiger partial charge >= 0.3 is 0 Å². The topological polar surface area (TPSA) is 29.3 Å². The predicted molar refractivity (Wildman–Crippen MR) is 90.8 cm³/mol. The third-order valence-corrected chi connectivity index (χ3v) is 5.74. The predicted octanol–water partition coefficient (Wildman–Crippen LogP) is 3.90. The van der Waals surface area contributed by atoms with E-state index in [2.05, 4.69) is 36.9 Å². The summed E-state index contributed by atoms with van der Waals surface area (Å²) in [5.74, 6) is 0.890. The van der Waals surface area contributed by atoms with Crippen LogP contribution in [-0.4, -0.2) is 19.6 Å². The van der Waals surface area contributed by atoms with Gasteiger partial charge in [-0.25, -0.2) is 0 Å². The Bertz CT molecular complexity index is 486. The lowest BCUT2D eigenvalue weighted by Crippen LogP contribution is -2.46. The average molecular weight is 286 g/mol. The Labute approximate surface area is 129 Å². The zero-order valence-corrected chi connectivity index (χ0v) is 13.7. The fourth-order valence-corrected chi connectivity index (χ4v) is 4.17. The summed E-state index contributed by atoms with van der Waals surface area (Å²) in [5, 5.41) is 0. The Morgan fingerprint density at radius 2 is 2.05 bits per heavy atom. The molecule has 0 spiro atoms. The third-order valence-electron chi connectivity index (χ3n) is 5.74. The van der Waals surface area contributed by atoms with Gasteiger partial charge in [-0.3, -0.25) is 0 Å². The van der Waals surface area contributed by atoms with Crippen molar-refractivity contribution >= 4 is 5.69 Å². The molecule has 2 nitrogen and oxygen atoms in total. The molecule has 2 heteroatoms. The van der Waals surface area contributed by atoms with Crippen LogP contribution in [0, 0.1) is 18.3 Å². The van der Waals surface area contributed by atoms with Crippen molar-refractivity contribution in [3.63, 3.8) is 0 Å². The van der Waals surface area contributed by atoms with Crippen molar-refractivity contribution < 1.29 is 0 Å². The summed E-state index contributed by atoms with van der Waals surface area (Å²) < 4.78 is 0. The maximum absolute atomic E-state index is 6.22. The lowest BCUT2D eigenvalue weighted by molar-refractivity contribution is 0.168. The Morgan fingerprint density at radius 3 is 2.76 bits per heavy atom. The summed E-state index contributed by atoms with van der Waals surface area (Å²) in [6.07, 6.45) is 7.84. The molecule has 2 N–H and O–H groups in total. The van der Waals surface area contributed by atoms with Crippen LogP contribution in [0.5, 0.6) is 0 Å². The van der Waals surface area contributed by atoms with Crippen molar-refractivity contribution in [1.82, 2.24) is 0 Å². The van der Waals surface area contributed by atoms with E-state index in [4.69, 9.17) is 5.73 Å². The van der Waals surface area contributed by atoms with Gasteiger partial charge in [0.25, 0.3) is 0 Å². The molecule has 0 bridgehead atoms. The fourth-order valence-electron chi connectivity index (χ4n) is 4.17. The number of anilines is 1. The van der Waals surface area contributed by atoms with E-state index in [0.29, 0.717) is 5.41 Å². The standard InChI is InChI=1S/C19H30N2/c1-15-7-9-19(13-20,10-8-15)14-21-11-3-4-17-12-16(2)5-6-18(17)21/h5-6,12,15H,3-4,7-11,13-14,20H2,1-2H3. The van der Waals surface area contributed by atoms with Crippen LogP contribution in [0.1, 0.15) is 50.2 Å². The molecule has 0 amide bonds. The van der Waals surface area contributed by atoms with Crippen molar-refractivity contribution in [3.8, 4) is 0 Å². The van der Waals surface area contributed by atoms with Crippen LogP contribution in [0.2, 0.25) is 0 Å². The van der Waals surface area contributed by atoms with Gasteiger partial charge in [-0.1, -0.05) is 37.5 Å². The summed E-state index contributed by atoms with van der Waals surface area (Å²) in [7, 11) is 0. The monoisotopic (exact) mass is 286 g/mol. The molecule has 0 radical (unpaired) electrons. The highest BCUT2D eigenvalue weighted by Gasteiger charge is 2.35. The van der Waals surface area contributed by atoms with Crippen LogP contribution in [0.25, 0.3) is 0 Å². The first-order valence-electron chi connectivity index (χ1n) is 8.66. The Morgan fingerprint density at radius 1 is 1.29 bits per heavy atom. The van der Waals surface area contributed by atoms with Crippen LogP contribution >= 0.6 is 0 Å². The largest absolute Gasteiger partial charge is 0.371 e. The molecule has 116 valence electrons. The first kappa shape index (κ1) is 14.9. The van der Waals surface area contributed by atoms with Crippen LogP contribution in [-0.2, 0) is 6.42 Å². The van der Waals surface area contributed by atoms with E-state index >= 15 is 0 Å². The van der Waals surface area contributed by atoms with Gasteiger partial charge < -0.3 is 10.6 Å². The van der Waals surface area contributed by atoms with Crippen molar-refractivity contribution in [3.05, 3.63) is 29.3 Å². The molecule has 1 aromatic rings. The van der Waals surface area contributed by atoms with E-state index in [1.54, 1.807) is 0 Å². The number of fused-ring (bicyclic) bond motifs is 1. The number of hydrogen-bond acceptors (Lipinski definition) is 2. The highest BCUT2D eigenvalue weighted by molar-refractivity contribution is 5.57. The quantitative estimate of drug-likeness (QED) is 0.913.